The number of amides is 2. The molecule has 2 aliphatic carbocycles. The predicted molar refractivity (Wildman–Crippen MR) is 56.2 cm³/mol. The van der Waals surface area contributed by atoms with Gasteiger partial charge in [0.25, 0.3) is 0 Å². The van der Waals surface area contributed by atoms with Crippen molar-refractivity contribution in [2.24, 2.45) is 0 Å². The van der Waals surface area contributed by atoms with Gasteiger partial charge in [-0.1, -0.05) is 6.92 Å². The zero-order valence-corrected chi connectivity index (χ0v) is 8.94. The Morgan fingerprint density at radius 3 is 2.43 bits per heavy atom. The molecular formula is C11H20N2O. The summed E-state index contributed by atoms with van der Waals surface area (Å²) < 4.78 is 0. The van der Waals surface area contributed by atoms with Crippen LogP contribution in [0.5, 0.6) is 0 Å². The molecule has 2 N–H and O–H groups in total. The molecule has 0 heterocycles. The van der Waals surface area contributed by atoms with Gasteiger partial charge in [-0.2, -0.15) is 0 Å². The topological polar surface area (TPSA) is 41.1 Å². The molecule has 0 spiro atoms. The minimum atomic E-state index is 0.0521. The number of carbonyl (C=O) groups excluding carboxylic acids is 1. The minimum Gasteiger partial charge on any atom is -0.335 e. The first-order valence-corrected chi connectivity index (χ1v) is 5.83. The third kappa shape index (κ3) is 1.86. The molecule has 2 rings (SSSR count). The third-order valence-electron chi connectivity index (χ3n) is 3.81. The van der Waals surface area contributed by atoms with Crippen molar-refractivity contribution in [3.63, 3.8) is 0 Å². The van der Waals surface area contributed by atoms with Gasteiger partial charge in [0.1, 0.15) is 0 Å². The van der Waals surface area contributed by atoms with Crippen LogP contribution in [0.4, 0.5) is 4.79 Å². The number of urea groups is 1. The van der Waals surface area contributed by atoms with Crippen molar-refractivity contribution in [2.75, 3.05) is 0 Å². The van der Waals surface area contributed by atoms with E-state index in [1.54, 1.807) is 0 Å². The monoisotopic (exact) mass is 196 g/mol. The maximum Gasteiger partial charge on any atom is 0.315 e. The Kier molecular flexibility index (Phi) is 2.66. The van der Waals surface area contributed by atoms with Crippen molar-refractivity contribution in [3.8, 4) is 0 Å². The molecule has 0 saturated heterocycles. The van der Waals surface area contributed by atoms with Gasteiger partial charge < -0.3 is 10.6 Å². The smallest absolute Gasteiger partial charge is 0.315 e. The molecule has 2 saturated carbocycles. The number of hydrogen-bond acceptors (Lipinski definition) is 1. The van der Waals surface area contributed by atoms with E-state index < -0.39 is 0 Å². The molecule has 3 heteroatoms. The van der Waals surface area contributed by atoms with Crippen molar-refractivity contribution in [3.05, 3.63) is 0 Å². The van der Waals surface area contributed by atoms with Crippen molar-refractivity contribution >= 4 is 6.03 Å². The molecule has 80 valence electrons. The summed E-state index contributed by atoms with van der Waals surface area (Å²) in [5.41, 5.74) is 0.133. The van der Waals surface area contributed by atoms with Gasteiger partial charge in [0, 0.05) is 11.6 Å². The quantitative estimate of drug-likeness (QED) is 0.713. The first-order valence-electron chi connectivity index (χ1n) is 5.83. The fraction of sp³-hybridized carbons (Fsp3) is 0.909. The fourth-order valence-corrected chi connectivity index (χ4v) is 2.19. The van der Waals surface area contributed by atoms with Crippen molar-refractivity contribution in [1.82, 2.24) is 10.6 Å². The molecule has 0 aromatic heterocycles. The van der Waals surface area contributed by atoms with Crippen LogP contribution in [0.3, 0.4) is 0 Å². The van der Waals surface area contributed by atoms with Crippen LogP contribution < -0.4 is 10.6 Å². The van der Waals surface area contributed by atoms with E-state index in [1.807, 2.05) is 0 Å². The lowest BCUT2D eigenvalue weighted by molar-refractivity contribution is 0.167. The maximum absolute atomic E-state index is 11.6. The molecule has 2 amide bonds. The first-order chi connectivity index (χ1) is 6.74. The van der Waals surface area contributed by atoms with Crippen LogP contribution >= 0.6 is 0 Å². The van der Waals surface area contributed by atoms with Crippen LogP contribution in [0.2, 0.25) is 0 Å². The zero-order valence-electron chi connectivity index (χ0n) is 8.94. The van der Waals surface area contributed by atoms with E-state index >= 15 is 0 Å². The minimum absolute atomic E-state index is 0.0521. The molecule has 2 aliphatic rings. The Hall–Kier alpha value is -0.730. The van der Waals surface area contributed by atoms with Gasteiger partial charge in [-0.25, -0.2) is 4.79 Å². The van der Waals surface area contributed by atoms with Crippen LogP contribution in [0.1, 0.15) is 51.9 Å². The fourth-order valence-electron chi connectivity index (χ4n) is 2.19. The number of nitrogens with one attached hydrogen (secondary N) is 2. The van der Waals surface area contributed by atoms with Gasteiger partial charge in [0.15, 0.2) is 0 Å². The van der Waals surface area contributed by atoms with E-state index in [4.69, 9.17) is 0 Å². The largest absolute Gasteiger partial charge is 0.335 e. The molecular weight excluding hydrogens is 176 g/mol. The van der Waals surface area contributed by atoms with Gasteiger partial charge in [0.2, 0.25) is 0 Å². The molecule has 2 fully saturated rings. The molecule has 0 aromatic rings. The second-order valence-electron chi connectivity index (χ2n) is 4.71. The molecule has 0 unspecified atom stereocenters. The number of carbonyl (C=O) groups is 1. The summed E-state index contributed by atoms with van der Waals surface area (Å²) in [4.78, 5) is 11.6. The Labute approximate surface area is 85.6 Å². The van der Waals surface area contributed by atoms with E-state index in [9.17, 15) is 4.79 Å². The average Bonchev–Trinajstić information content (AvgIpc) is 2.04. The van der Waals surface area contributed by atoms with Crippen LogP contribution in [-0.2, 0) is 0 Å². The first kappa shape index (κ1) is 9.81. The predicted octanol–water partition coefficient (Wildman–Crippen LogP) is 2.17. The second kappa shape index (κ2) is 3.79. The Bertz CT molecular complexity index is 214. The molecule has 14 heavy (non-hydrogen) atoms. The molecule has 0 aromatic carbocycles. The summed E-state index contributed by atoms with van der Waals surface area (Å²) >= 11 is 0. The summed E-state index contributed by atoms with van der Waals surface area (Å²) in [6.07, 6.45) is 8.22. The summed E-state index contributed by atoms with van der Waals surface area (Å²) in [7, 11) is 0. The molecule has 3 nitrogen and oxygen atoms in total. The van der Waals surface area contributed by atoms with Crippen molar-refractivity contribution < 1.29 is 4.79 Å². The van der Waals surface area contributed by atoms with Gasteiger partial charge in [0.05, 0.1) is 0 Å². The van der Waals surface area contributed by atoms with Crippen LogP contribution in [0, 0.1) is 0 Å². The lowest BCUT2D eigenvalue weighted by Gasteiger charge is -2.42. The lowest BCUT2D eigenvalue weighted by atomic mass is 9.75. The Morgan fingerprint density at radius 1 is 1.36 bits per heavy atom. The summed E-state index contributed by atoms with van der Waals surface area (Å²) in [5.74, 6) is 0. The zero-order chi connectivity index (χ0) is 10.0. The van der Waals surface area contributed by atoms with E-state index in [-0.39, 0.29) is 11.6 Å². The SMILES string of the molecule is CCC1(NC(=O)NC2CCC2)CCC1. The lowest BCUT2D eigenvalue weighted by Crippen LogP contribution is -2.57. The Balaban J connectivity index is 1.75. The molecule has 0 atom stereocenters. The summed E-state index contributed by atoms with van der Waals surface area (Å²) in [6.45, 7) is 2.16. The highest BCUT2D eigenvalue weighted by Gasteiger charge is 2.36. The van der Waals surface area contributed by atoms with E-state index in [2.05, 4.69) is 17.6 Å². The molecule has 0 radical (unpaired) electrons. The standard InChI is InChI=1S/C11H20N2O/c1-2-11(7-4-8-11)13-10(14)12-9-5-3-6-9/h9H,2-8H2,1H3,(H2,12,13,14). The van der Waals surface area contributed by atoms with E-state index in [1.165, 1.54) is 12.8 Å². The number of hydrogen-bond donors (Lipinski definition) is 2. The summed E-state index contributed by atoms with van der Waals surface area (Å²) in [5, 5.41) is 6.15. The molecule has 0 aliphatic heterocycles. The number of rotatable bonds is 3. The highest BCUT2D eigenvalue weighted by atomic mass is 16.2. The van der Waals surface area contributed by atoms with Gasteiger partial charge in [-0.15, -0.1) is 0 Å². The van der Waals surface area contributed by atoms with Crippen molar-refractivity contribution in [2.45, 2.75) is 63.5 Å². The Morgan fingerprint density at radius 2 is 2.07 bits per heavy atom. The van der Waals surface area contributed by atoms with Crippen LogP contribution in [0.25, 0.3) is 0 Å². The third-order valence-corrected chi connectivity index (χ3v) is 3.81. The average molecular weight is 196 g/mol. The van der Waals surface area contributed by atoms with Gasteiger partial charge in [-0.05, 0) is 44.9 Å². The van der Waals surface area contributed by atoms with Gasteiger partial charge in [-0.3, -0.25) is 0 Å². The second-order valence-corrected chi connectivity index (χ2v) is 4.71. The molecule has 0 bridgehead atoms. The highest BCUT2D eigenvalue weighted by molar-refractivity contribution is 5.75. The van der Waals surface area contributed by atoms with E-state index in [0.717, 1.165) is 32.1 Å². The summed E-state index contributed by atoms with van der Waals surface area (Å²) in [6, 6.07) is 0.500. The van der Waals surface area contributed by atoms with Crippen molar-refractivity contribution in [1.29, 1.82) is 0 Å². The van der Waals surface area contributed by atoms with Crippen LogP contribution in [-0.4, -0.2) is 17.6 Å². The maximum atomic E-state index is 11.6. The van der Waals surface area contributed by atoms with E-state index in [0.29, 0.717) is 6.04 Å². The van der Waals surface area contributed by atoms with Crippen LogP contribution in [0.15, 0.2) is 0 Å². The normalized spacial score (nSPS) is 24.6. The highest BCUT2D eigenvalue weighted by Crippen LogP contribution is 2.34. The van der Waals surface area contributed by atoms with Gasteiger partial charge >= 0.3 is 6.03 Å².